The molecule has 0 radical (unpaired) electrons. The van der Waals surface area contributed by atoms with Crippen LogP contribution in [0, 0.1) is 0 Å². The van der Waals surface area contributed by atoms with E-state index >= 15 is 0 Å². The Balaban J connectivity index is 1.60. The first-order valence-corrected chi connectivity index (χ1v) is 8.79. The molecule has 5 heteroatoms. The molecule has 0 atom stereocenters. The quantitative estimate of drug-likeness (QED) is 0.448. The van der Waals surface area contributed by atoms with Gasteiger partial charge < -0.3 is 9.47 Å². The predicted octanol–water partition coefficient (Wildman–Crippen LogP) is 4.96. The van der Waals surface area contributed by atoms with E-state index in [0.29, 0.717) is 17.0 Å². The zero-order valence-electron chi connectivity index (χ0n) is 14.4. The molecule has 27 heavy (non-hydrogen) atoms. The predicted molar refractivity (Wildman–Crippen MR) is 103 cm³/mol. The van der Waals surface area contributed by atoms with E-state index in [1.165, 1.54) is 6.07 Å². The highest BCUT2D eigenvalue weighted by Crippen LogP contribution is 2.20. The van der Waals surface area contributed by atoms with Crippen molar-refractivity contribution in [2.45, 2.75) is 6.42 Å². The highest BCUT2D eigenvalue weighted by atomic mass is 35.5. The van der Waals surface area contributed by atoms with Crippen molar-refractivity contribution in [3.05, 3.63) is 101 Å². The highest BCUT2D eigenvalue weighted by Gasteiger charge is 2.14. The van der Waals surface area contributed by atoms with Crippen LogP contribution in [-0.4, -0.2) is 18.5 Å². The SMILES string of the molecule is O=C(OCCc1ccccc1)c1cccc(OC(=O)c2ccccc2Cl)c1. The Labute approximate surface area is 162 Å². The van der Waals surface area contributed by atoms with Crippen LogP contribution in [0.15, 0.2) is 78.9 Å². The lowest BCUT2D eigenvalue weighted by molar-refractivity contribution is 0.0507. The van der Waals surface area contributed by atoms with E-state index in [4.69, 9.17) is 21.1 Å². The Bertz CT molecular complexity index is 938. The molecule has 0 aliphatic carbocycles. The number of hydrogen-bond acceptors (Lipinski definition) is 4. The standard InChI is InChI=1S/C22H17ClO4/c23-20-12-5-4-11-19(20)22(25)27-18-10-6-9-17(15-18)21(24)26-14-13-16-7-2-1-3-8-16/h1-12,15H,13-14H2. The highest BCUT2D eigenvalue weighted by molar-refractivity contribution is 6.33. The van der Waals surface area contributed by atoms with Crippen LogP contribution < -0.4 is 4.74 Å². The second kappa shape index (κ2) is 9.01. The fraction of sp³-hybridized carbons (Fsp3) is 0.0909. The molecule has 0 saturated heterocycles. The van der Waals surface area contributed by atoms with Crippen molar-refractivity contribution in [3.8, 4) is 5.75 Å². The van der Waals surface area contributed by atoms with Gasteiger partial charge in [-0.3, -0.25) is 0 Å². The number of ether oxygens (including phenoxy) is 2. The summed E-state index contributed by atoms with van der Waals surface area (Å²) in [6, 6.07) is 22.7. The summed E-state index contributed by atoms with van der Waals surface area (Å²) in [6.45, 7) is 0.270. The van der Waals surface area contributed by atoms with Gasteiger partial charge in [0.15, 0.2) is 0 Å². The zero-order valence-corrected chi connectivity index (χ0v) is 15.2. The lowest BCUT2D eigenvalue weighted by Crippen LogP contribution is -2.11. The fourth-order valence-electron chi connectivity index (χ4n) is 2.46. The lowest BCUT2D eigenvalue weighted by atomic mass is 10.2. The second-order valence-corrected chi connectivity index (χ2v) is 6.18. The summed E-state index contributed by atoms with van der Waals surface area (Å²) in [4.78, 5) is 24.4. The summed E-state index contributed by atoms with van der Waals surface area (Å²) in [6.07, 6.45) is 0.633. The largest absolute Gasteiger partial charge is 0.462 e. The maximum Gasteiger partial charge on any atom is 0.345 e. The third-order valence-corrected chi connectivity index (χ3v) is 4.17. The van der Waals surface area contributed by atoms with Crippen molar-refractivity contribution in [2.75, 3.05) is 6.61 Å². The number of esters is 2. The molecule has 0 saturated carbocycles. The number of carbonyl (C=O) groups is 2. The zero-order chi connectivity index (χ0) is 19.1. The van der Waals surface area contributed by atoms with E-state index in [-0.39, 0.29) is 17.9 Å². The lowest BCUT2D eigenvalue weighted by Gasteiger charge is -2.08. The number of halogens is 1. The van der Waals surface area contributed by atoms with E-state index < -0.39 is 11.9 Å². The van der Waals surface area contributed by atoms with Crippen LogP contribution in [-0.2, 0) is 11.2 Å². The molecule has 0 spiro atoms. The Morgan fingerprint density at radius 3 is 2.33 bits per heavy atom. The molecule has 0 bridgehead atoms. The third kappa shape index (κ3) is 5.19. The van der Waals surface area contributed by atoms with Gasteiger partial charge in [-0.05, 0) is 35.9 Å². The molecule has 136 valence electrons. The van der Waals surface area contributed by atoms with Gasteiger partial charge in [0.1, 0.15) is 5.75 Å². The van der Waals surface area contributed by atoms with Gasteiger partial charge in [0, 0.05) is 6.42 Å². The van der Waals surface area contributed by atoms with E-state index in [0.717, 1.165) is 5.56 Å². The Morgan fingerprint density at radius 2 is 1.56 bits per heavy atom. The summed E-state index contributed by atoms with van der Waals surface area (Å²) in [5, 5.41) is 0.305. The van der Waals surface area contributed by atoms with Gasteiger partial charge in [0.05, 0.1) is 22.8 Å². The van der Waals surface area contributed by atoms with E-state index in [2.05, 4.69) is 0 Å². The van der Waals surface area contributed by atoms with Crippen molar-refractivity contribution in [1.29, 1.82) is 0 Å². The van der Waals surface area contributed by atoms with Gasteiger partial charge in [-0.15, -0.1) is 0 Å². The number of carbonyl (C=O) groups excluding carboxylic acids is 2. The van der Waals surface area contributed by atoms with Gasteiger partial charge in [0.2, 0.25) is 0 Å². The molecule has 0 aliphatic heterocycles. The van der Waals surface area contributed by atoms with Crippen molar-refractivity contribution in [1.82, 2.24) is 0 Å². The van der Waals surface area contributed by atoms with Crippen molar-refractivity contribution in [3.63, 3.8) is 0 Å². The maximum atomic E-state index is 12.2. The van der Waals surface area contributed by atoms with Gasteiger partial charge in [-0.2, -0.15) is 0 Å². The molecule has 4 nitrogen and oxygen atoms in total. The summed E-state index contributed by atoms with van der Waals surface area (Å²) in [5.41, 5.74) is 1.66. The first kappa shape index (κ1) is 18.7. The number of rotatable bonds is 6. The van der Waals surface area contributed by atoms with E-state index in [1.54, 1.807) is 42.5 Å². The average Bonchev–Trinajstić information content (AvgIpc) is 2.69. The van der Waals surface area contributed by atoms with Crippen molar-refractivity contribution in [2.24, 2.45) is 0 Å². The normalized spacial score (nSPS) is 10.3. The third-order valence-electron chi connectivity index (χ3n) is 3.84. The topological polar surface area (TPSA) is 52.6 Å². The maximum absolute atomic E-state index is 12.2. The smallest absolute Gasteiger partial charge is 0.345 e. The molecule has 3 rings (SSSR count). The minimum absolute atomic E-state index is 0.248. The molecule has 3 aromatic rings. The monoisotopic (exact) mass is 380 g/mol. The Hall–Kier alpha value is -3.11. The first-order chi connectivity index (χ1) is 13.1. The van der Waals surface area contributed by atoms with Crippen LogP contribution in [0.2, 0.25) is 5.02 Å². The summed E-state index contributed by atoms with van der Waals surface area (Å²) in [7, 11) is 0. The van der Waals surface area contributed by atoms with E-state index in [1.807, 2.05) is 30.3 Å². The summed E-state index contributed by atoms with van der Waals surface area (Å²) >= 11 is 6.00. The number of hydrogen-bond donors (Lipinski definition) is 0. The molecule has 0 aliphatic rings. The van der Waals surface area contributed by atoms with Crippen LogP contribution in [0.25, 0.3) is 0 Å². The molecule has 0 fully saturated rings. The van der Waals surface area contributed by atoms with Crippen molar-refractivity contribution >= 4 is 23.5 Å². The molecule has 0 heterocycles. The van der Waals surface area contributed by atoms with E-state index in [9.17, 15) is 9.59 Å². The van der Waals surface area contributed by atoms with Crippen LogP contribution in [0.4, 0.5) is 0 Å². The second-order valence-electron chi connectivity index (χ2n) is 5.77. The molecule has 0 N–H and O–H groups in total. The minimum atomic E-state index is -0.588. The van der Waals surface area contributed by atoms with Crippen LogP contribution in [0.5, 0.6) is 5.75 Å². The van der Waals surface area contributed by atoms with Gasteiger partial charge >= 0.3 is 11.9 Å². The molecule has 3 aromatic carbocycles. The van der Waals surface area contributed by atoms with Gasteiger partial charge in [-0.25, -0.2) is 9.59 Å². The minimum Gasteiger partial charge on any atom is -0.462 e. The van der Waals surface area contributed by atoms with Crippen LogP contribution in [0.1, 0.15) is 26.3 Å². The van der Waals surface area contributed by atoms with Crippen LogP contribution >= 0.6 is 11.6 Å². The van der Waals surface area contributed by atoms with Gasteiger partial charge in [0.25, 0.3) is 0 Å². The number of benzene rings is 3. The average molecular weight is 381 g/mol. The molecular weight excluding hydrogens is 364 g/mol. The molecule has 0 amide bonds. The van der Waals surface area contributed by atoms with Gasteiger partial charge in [-0.1, -0.05) is 60.1 Å². The Kier molecular flexibility index (Phi) is 6.23. The van der Waals surface area contributed by atoms with Crippen molar-refractivity contribution < 1.29 is 19.1 Å². The molecular formula is C22H17ClO4. The fourth-order valence-corrected chi connectivity index (χ4v) is 2.68. The van der Waals surface area contributed by atoms with Crippen LogP contribution in [0.3, 0.4) is 0 Å². The first-order valence-electron chi connectivity index (χ1n) is 8.41. The molecule has 0 unspecified atom stereocenters. The molecule has 0 aromatic heterocycles. The summed E-state index contributed by atoms with van der Waals surface area (Å²) < 4.78 is 10.6. The Morgan fingerprint density at radius 1 is 0.815 bits per heavy atom. The summed E-state index contributed by atoms with van der Waals surface area (Å²) in [5.74, 6) is -0.811.